The number of aromatic nitrogens is 1. The zero-order valence-corrected chi connectivity index (χ0v) is 19.4. The Labute approximate surface area is 200 Å². The molecular weight excluding hydrogens is 432 g/mol. The van der Waals surface area contributed by atoms with Gasteiger partial charge in [-0.15, -0.1) is 0 Å². The second kappa shape index (κ2) is 10.4. The molecule has 2 saturated heterocycles. The van der Waals surface area contributed by atoms with Crippen molar-refractivity contribution in [1.29, 1.82) is 0 Å². The van der Waals surface area contributed by atoms with Gasteiger partial charge in [0.05, 0.1) is 0 Å². The summed E-state index contributed by atoms with van der Waals surface area (Å²) in [5.74, 6) is 1.51. The van der Waals surface area contributed by atoms with E-state index in [0.29, 0.717) is 25.4 Å². The van der Waals surface area contributed by atoms with Crippen LogP contribution >= 0.6 is 0 Å². The van der Waals surface area contributed by atoms with Crippen LogP contribution in [0.25, 0.3) is 0 Å². The number of nitrogens with zero attached hydrogens (tertiary/aromatic N) is 3. The molecule has 0 spiro atoms. The van der Waals surface area contributed by atoms with Crippen molar-refractivity contribution in [3.63, 3.8) is 0 Å². The van der Waals surface area contributed by atoms with Gasteiger partial charge < -0.3 is 24.6 Å². The Hall–Kier alpha value is -3.13. The number of amides is 3. The highest BCUT2D eigenvalue weighted by molar-refractivity contribution is 5.89. The van der Waals surface area contributed by atoms with E-state index in [1.807, 2.05) is 41.4 Å². The summed E-state index contributed by atoms with van der Waals surface area (Å²) in [5.41, 5.74) is 2.97. The van der Waals surface area contributed by atoms with Crippen molar-refractivity contribution in [3.8, 4) is 5.75 Å². The largest absolute Gasteiger partial charge is 0.490 e. The van der Waals surface area contributed by atoms with Crippen molar-refractivity contribution in [2.24, 2.45) is 5.92 Å². The van der Waals surface area contributed by atoms with E-state index in [-0.39, 0.29) is 18.0 Å². The van der Waals surface area contributed by atoms with Crippen molar-refractivity contribution in [2.45, 2.75) is 51.3 Å². The molecule has 8 nitrogen and oxygen atoms in total. The fourth-order valence-corrected chi connectivity index (χ4v) is 4.92. The van der Waals surface area contributed by atoms with Gasteiger partial charge in [-0.1, -0.05) is 0 Å². The van der Waals surface area contributed by atoms with Crippen LogP contribution in [-0.2, 0) is 22.6 Å². The van der Waals surface area contributed by atoms with Crippen LogP contribution < -0.4 is 10.1 Å². The van der Waals surface area contributed by atoms with Gasteiger partial charge in [-0.2, -0.15) is 0 Å². The molecule has 34 heavy (non-hydrogen) atoms. The van der Waals surface area contributed by atoms with Crippen LogP contribution in [0.1, 0.15) is 43.2 Å². The summed E-state index contributed by atoms with van der Waals surface area (Å²) >= 11 is 0. The number of nitrogens with one attached hydrogen (secondary N) is 1. The number of hydrogen-bond acceptors (Lipinski definition) is 5. The minimum absolute atomic E-state index is 0.101. The van der Waals surface area contributed by atoms with E-state index in [1.54, 1.807) is 11.1 Å². The normalized spacial score (nSPS) is 19.1. The first kappa shape index (κ1) is 22.7. The number of carbonyl (C=O) groups is 2. The average molecular weight is 465 g/mol. The quantitative estimate of drug-likeness (QED) is 0.727. The molecule has 8 heteroatoms. The number of ether oxygens (including phenoxy) is 2. The van der Waals surface area contributed by atoms with Gasteiger partial charge in [-0.05, 0) is 60.2 Å². The molecule has 1 aromatic carbocycles. The summed E-state index contributed by atoms with van der Waals surface area (Å²) in [6, 6.07) is 9.35. The second-order valence-electron chi connectivity index (χ2n) is 9.41. The molecule has 1 aromatic heterocycles. The van der Waals surface area contributed by atoms with Crippen LogP contribution in [-0.4, -0.2) is 59.1 Å². The molecule has 0 aliphatic carbocycles. The van der Waals surface area contributed by atoms with Crippen molar-refractivity contribution in [3.05, 3.63) is 53.9 Å². The minimum atomic E-state index is -0.123. The van der Waals surface area contributed by atoms with Gasteiger partial charge in [0.1, 0.15) is 11.9 Å². The number of hydrogen-bond donors (Lipinski definition) is 1. The van der Waals surface area contributed by atoms with Crippen LogP contribution in [0.2, 0.25) is 0 Å². The fourth-order valence-electron chi connectivity index (χ4n) is 4.92. The van der Waals surface area contributed by atoms with E-state index in [1.165, 1.54) is 0 Å². The predicted octanol–water partition coefficient (Wildman–Crippen LogP) is 3.82. The van der Waals surface area contributed by atoms with Crippen LogP contribution in [0.5, 0.6) is 5.75 Å². The third kappa shape index (κ3) is 5.50. The summed E-state index contributed by atoms with van der Waals surface area (Å²) in [5, 5.41) is 2.96. The maximum absolute atomic E-state index is 12.6. The molecule has 0 atom stereocenters. The molecule has 1 N–H and O–H groups in total. The minimum Gasteiger partial charge on any atom is -0.490 e. The van der Waals surface area contributed by atoms with Gasteiger partial charge >= 0.3 is 6.03 Å². The summed E-state index contributed by atoms with van der Waals surface area (Å²) in [6.45, 7) is 4.22. The fraction of sp³-hybridized carbons (Fsp3) is 0.500. The first-order valence-corrected chi connectivity index (χ1v) is 12.2. The molecule has 0 unspecified atom stereocenters. The third-order valence-corrected chi connectivity index (χ3v) is 7.02. The summed E-state index contributed by atoms with van der Waals surface area (Å²) < 4.78 is 11.5. The number of likely N-dealkylation sites (tertiary alicyclic amines) is 1. The molecule has 0 bridgehead atoms. The summed E-state index contributed by atoms with van der Waals surface area (Å²) in [6.07, 6.45) is 7.97. The van der Waals surface area contributed by atoms with Gasteiger partial charge in [-0.25, -0.2) is 4.79 Å². The second-order valence-corrected chi connectivity index (χ2v) is 9.41. The first-order chi connectivity index (χ1) is 16.6. The first-order valence-electron chi connectivity index (χ1n) is 12.2. The van der Waals surface area contributed by atoms with E-state index < -0.39 is 0 Å². The van der Waals surface area contributed by atoms with Crippen molar-refractivity contribution in [2.75, 3.05) is 31.6 Å². The van der Waals surface area contributed by atoms with Crippen molar-refractivity contribution < 1.29 is 19.1 Å². The Morgan fingerprint density at radius 1 is 0.971 bits per heavy atom. The SMILES string of the molecule is O=C(CC1CCOCC1)N1CCC(Oc2ccc(NC(=O)N3Cc4ccncc4C3)cc2)CC1. The molecular formula is C26H32N4O4. The van der Waals surface area contributed by atoms with Crippen LogP contribution in [0, 0.1) is 5.92 Å². The molecule has 5 rings (SSSR count). The molecule has 2 fully saturated rings. The van der Waals surface area contributed by atoms with E-state index in [4.69, 9.17) is 9.47 Å². The lowest BCUT2D eigenvalue weighted by molar-refractivity contribution is -0.134. The molecule has 4 heterocycles. The number of pyridine rings is 1. The Bertz CT molecular complexity index is 973. The predicted molar refractivity (Wildman–Crippen MR) is 127 cm³/mol. The van der Waals surface area contributed by atoms with Crippen molar-refractivity contribution >= 4 is 17.6 Å². The van der Waals surface area contributed by atoms with E-state index in [2.05, 4.69) is 10.3 Å². The molecule has 180 valence electrons. The number of anilines is 1. The molecule has 0 radical (unpaired) electrons. The number of fused-ring (bicyclic) bond motifs is 1. The highest BCUT2D eigenvalue weighted by Crippen LogP contribution is 2.25. The maximum atomic E-state index is 12.6. The van der Waals surface area contributed by atoms with Crippen LogP contribution in [0.4, 0.5) is 10.5 Å². The lowest BCUT2D eigenvalue weighted by Crippen LogP contribution is -2.42. The van der Waals surface area contributed by atoms with E-state index in [0.717, 1.165) is 74.6 Å². The van der Waals surface area contributed by atoms with Gasteiger partial charge in [0.2, 0.25) is 5.91 Å². The Morgan fingerprint density at radius 3 is 2.44 bits per heavy atom. The molecule has 3 aliphatic heterocycles. The molecule has 0 saturated carbocycles. The molecule has 3 amide bonds. The summed E-state index contributed by atoms with van der Waals surface area (Å²) in [4.78, 5) is 33.1. The number of piperidine rings is 1. The number of benzene rings is 1. The van der Waals surface area contributed by atoms with E-state index >= 15 is 0 Å². The number of carbonyl (C=O) groups excluding carboxylic acids is 2. The van der Waals surface area contributed by atoms with Gasteiger partial charge in [0.15, 0.2) is 0 Å². The monoisotopic (exact) mass is 464 g/mol. The third-order valence-electron chi connectivity index (χ3n) is 7.02. The number of rotatable bonds is 5. The standard InChI is InChI=1S/C26H32N4O4/c31-25(15-19-8-13-33-14-9-19)29-11-6-24(7-12-29)34-23-3-1-22(2-4-23)28-26(32)30-17-20-5-10-27-16-21(20)18-30/h1-5,10,16,19,24H,6-9,11-15,17-18H2,(H,28,32). The number of urea groups is 1. The Kier molecular flexibility index (Phi) is 6.94. The Balaban J connectivity index is 1.05. The Morgan fingerprint density at radius 2 is 1.71 bits per heavy atom. The highest BCUT2D eigenvalue weighted by Gasteiger charge is 2.27. The maximum Gasteiger partial charge on any atom is 0.322 e. The lowest BCUT2D eigenvalue weighted by atomic mass is 9.95. The lowest BCUT2D eigenvalue weighted by Gasteiger charge is -2.33. The van der Waals surface area contributed by atoms with Gasteiger partial charge in [0.25, 0.3) is 0 Å². The zero-order valence-electron chi connectivity index (χ0n) is 19.4. The molecule has 2 aromatic rings. The van der Waals surface area contributed by atoms with Crippen LogP contribution in [0.15, 0.2) is 42.7 Å². The average Bonchev–Trinajstić information content (AvgIpc) is 3.31. The van der Waals surface area contributed by atoms with Crippen LogP contribution in [0.3, 0.4) is 0 Å². The highest BCUT2D eigenvalue weighted by atomic mass is 16.5. The van der Waals surface area contributed by atoms with E-state index in [9.17, 15) is 9.59 Å². The zero-order chi connectivity index (χ0) is 23.3. The smallest absolute Gasteiger partial charge is 0.322 e. The van der Waals surface area contributed by atoms with Gasteiger partial charge in [0, 0.05) is 76.7 Å². The van der Waals surface area contributed by atoms with Gasteiger partial charge in [-0.3, -0.25) is 9.78 Å². The summed E-state index contributed by atoms with van der Waals surface area (Å²) in [7, 11) is 0. The molecule has 3 aliphatic rings. The topological polar surface area (TPSA) is 84.0 Å². The van der Waals surface area contributed by atoms with Crippen molar-refractivity contribution in [1.82, 2.24) is 14.8 Å².